The van der Waals surface area contributed by atoms with E-state index < -0.39 is 17.7 Å². The van der Waals surface area contributed by atoms with Crippen LogP contribution in [0.4, 0.5) is 13.2 Å². The topological polar surface area (TPSA) is 65.2 Å². The fourth-order valence-corrected chi connectivity index (χ4v) is 2.31. The lowest BCUT2D eigenvalue weighted by Crippen LogP contribution is -2.04. The first kappa shape index (κ1) is 19.6. The van der Waals surface area contributed by atoms with Crippen molar-refractivity contribution in [3.8, 4) is 11.5 Å². The molecule has 0 aliphatic heterocycles. The zero-order valence-electron chi connectivity index (χ0n) is 14.1. The lowest BCUT2D eigenvalue weighted by molar-refractivity contribution is -0.139. The van der Waals surface area contributed by atoms with Crippen molar-refractivity contribution in [1.82, 2.24) is 10.2 Å². The molecule has 0 spiro atoms. The quantitative estimate of drug-likeness (QED) is 0.430. The van der Waals surface area contributed by atoms with E-state index in [1.165, 1.54) is 18.2 Å². The molecule has 3 aromatic rings. The number of esters is 1. The van der Waals surface area contributed by atoms with Gasteiger partial charge in [0, 0.05) is 16.7 Å². The highest BCUT2D eigenvalue weighted by Gasteiger charge is 2.30. The van der Waals surface area contributed by atoms with Gasteiger partial charge in [-0.2, -0.15) is 13.2 Å². The smallest absolute Gasteiger partial charge is 0.416 e. The average Bonchev–Trinajstić information content (AvgIpc) is 3.14. The molecule has 0 saturated carbocycles. The van der Waals surface area contributed by atoms with Crippen molar-refractivity contribution in [2.24, 2.45) is 0 Å². The molecule has 144 valence electrons. The summed E-state index contributed by atoms with van der Waals surface area (Å²) < 4.78 is 48.4. The fourth-order valence-electron chi connectivity index (χ4n) is 2.18. The fraction of sp³-hybridized carbons (Fsp3) is 0.105. The van der Waals surface area contributed by atoms with Crippen LogP contribution in [0.1, 0.15) is 17.0 Å². The van der Waals surface area contributed by atoms with Crippen LogP contribution in [0.3, 0.4) is 0 Å². The Bertz CT molecular complexity index is 998. The Kier molecular flexibility index (Phi) is 5.79. The van der Waals surface area contributed by atoms with Gasteiger partial charge in [-0.3, -0.25) is 0 Å². The Morgan fingerprint density at radius 2 is 1.89 bits per heavy atom. The van der Waals surface area contributed by atoms with E-state index in [1.807, 2.05) is 0 Å². The van der Waals surface area contributed by atoms with Crippen LogP contribution in [0, 0.1) is 0 Å². The molecule has 28 heavy (non-hydrogen) atoms. The Balaban J connectivity index is 1.57. The number of carbonyl (C=O) groups is 1. The number of hydrogen-bond acceptors (Lipinski definition) is 5. The number of aromatic nitrogens is 2. The van der Waals surface area contributed by atoms with Crippen LogP contribution < -0.4 is 0 Å². The van der Waals surface area contributed by atoms with E-state index in [9.17, 15) is 18.0 Å². The van der Waals surface area contributed by atoms with Crippen molar-refractivity contribution in [3.63, 3.8) is 0 Å². The summed E-state index contributed by atoms with van der Waals surface area (Å²) in [5.74, 6) is -0.448. The second kappa shape index (κ2) is 8.26. The summed E-state index contributed by atoms with van der Waals surface area (Å²) in [6.45, 7) is -0.271. The zero-order valence-corrected chi connectivity index (χ0v) is 14.9. The molecule has 0 unspecified atom stereocenters. The first-order valence-corrected chi connectivity index (χ1v) is 8.29. The molecule has 1 aromatic heterocycles. The third-order valence-electron chi connectivity index (χ3n) is 3.52. The van der Waals surface area contributed by atoms with E-state index >= 15 is 0 Å². The van der Waals surface area contributed by atoms with Gasteiger partial charge in [-0.1, -0.05) is 23.7 Å². The Hall–Kier alpha value is -3.13. The zero-order chi connectivity index (χ0) is 20.1. The van der Waals surface area contributed by atoms with Gasteiger partial charge in [0.25, 0.3) is 5.89 Å². The largest absolute Gasteiger partial charge is 0.452 e. The van der Waals surface area contributed by atoms with Gasteiger partial charge < -0.3 is 9.15 Å². The number of rotatable bonds is 5. The molecule has 3 rings (SSSR count). The Morgan fingerprint density at radius 1 is 1.14 bits per heavy atom. The van der Waals surface area contributed by atoms with Crippen molar-refractivity contribution in [3.05, 3.63) is 76.6 Å². The molecule has 5 nitrogen and oxygen atoms in total. The normalized spacial score (nSPS) is 11.7. The van der Waals surface area contributed by atoms with E-state index in [4.69, 9.17) is 20.8 Å². The molecule has 0 radical (unpaired) electrons. The maximum atomic E-state index is 12.7. The second-order valence-electron chi connectivity index (χ2n) is 5.57. The van der Waals surface area contributed by atoms with Crippen LogP contribution in [0.15, 0.2) is 59.0 Å². The maximum absolute atomic E-state index is 12.7. The van der Waals surface area contributed by atoms with Crippen LogP contribution >= 0.6 is 11.6 Å². The van der Waals surface area contributed by atoms with Gasteiger partial charge in [0.1, 0.15) is 0 Å². The predicted molar refractivity (Wildman–Crippen MR) is 95.0 cm³/mol. The standard InChI is InChI=1S/C19H12ClF3N2O3/c20-15-7-5-13(6-8-15)18-25-24-16(28-18)11-27-17(26)9-4-12-2-1-3-14(10-12)19(21,22)23/h1-10H,11H2/b9-4+. The molecule has 0 atom stereocenters. The molecule has 0 saturated heterocycles. The summed E-state index contributed by atoms with van der Waals surface area (Å²) in [6, 6.07) is 11.3. The van der Waals surface area contributed by atoms with E-state index in [1.54, 1.807) is 24.3 Å². The molecule has 9 heteroatoms. The lowest BCUT2D eigenvalue weighted by Gasteiger charge is -2.06. The van der Waals surface area contributed by atoms with Crippen molar-refractivity contribution >= 4 is 23.6 Å². The highest BCUT2D eigenvalue weighted by Crippen LogP contribution is 2.29. The first-order chi connectivity index (χ1) is 13.3. The van der Waals surface area contributed by atoms with Gasteiger partial charge in [-0.25, -0.2) is 4.79 Å². The molecule has 2 aromatic carbocycles. The molecule has 0 N–H and O–H groups in total. The number of ether oxygens (including phenoxy) is 1. The monoisotopic (exact) mass is 408 g/mol. The van der Waals surface area contributed by atoms with E-state index in [0.29, 0.717) is 10.6 Å². The van der Waals surface area contributed by atoms with Gasteiger partial charge in [-0.05, 0) is 48.0 Å². The highest BCUT2D eigenvalue weighted by atomic mass is 35.5. The van der Waals surface area contributed by atoms with Gasteiger partial charge in [0.2, 0.25) is 5.89 Å². The number of halogens is 4. The minimum Gasteiger partial charge on any atom is -0.452 e. The summed E-state index contributed by atoms with van der Waals surface area (Å²) in [6.07, 6.45) is -2.21. The minimum absolute atomic E-state index is 0.0748. The van der Waals surface area contributed by atoms with Crippen molar-refractivity contribution in [2.45, 2.75) is 12.8 Å². The van der Waals surface area contributed by atoms with Crippen LogP contribution in [0.25, 0.3) is 17.5 Å². The molecule has 0 bridgehead atoms. The van der Waals surface area contributed by atoms with Crippen LogP contribution in [-0.2, 0) is 22.3 Å². The Morgan fingerprint density at radius 3 is 2.61 bits per heavy atom. The number of carbonyl (C=O) groups excluding carboxylic acids is 1. The van der Waals surface area contributed by atoms with Gasteiger partial charge >= 0.3 is 12.1 Å². The van der Waals surface area contributed by atoms with Gasteiger partial charge in [0.15, 0.2) is 6.61 Å². The van der Waals surface area contributed by atoms with E-state index in [-0.39, 0.29) is 24.0 Å². The Labute approximate surface area is 162 Å². The highest BCUT2D eigenvalue weighted by molar-refractivity contribution is 6.30. The maximum Gasteiger partial charge on any atom is 0.416 e. The minimum atomic E-state index is -4.45. The summed E-state index contributed by atoms with van der Waals surface area (Å²) in [7, 11) is 0. The summed E-state index contributed by atoms with van der Waals surface area (Å²) in [5, 5.41) is 8.17. The van der Waals surface area contributed by atoms with Gasteiger partial charge in [-0.15, -0.1) is 10.2 Å². The molecule has 0 aliphatic rings. The molecule has 0 aliphatic carbocycles. The van der Waals surface area contributed by atoms with Crippen molar-refractivity contribution in [2.75, 3.05) is 0 Å². The van der Waals surface area contributed by atoms with Crippen molar-refractivity contribution < 1.29 is 27.1 Å². The van der Waals surface area contributed by atoms with Gasteiger partial charge in [0.05, 0.1) is 5.56 Å². The average molecular weight is 409 g/mol. The van der Waals surface area contributed by atoms with Crippen molar-refractivity contribution in [1.29, 1.82) is 0 Å². The van der Waals surface area contributed by atoms with E-state index in [2.05, 4.69) is 10.2 Å². The summed E-state index contributed by atoms with van der Waals surface area (Å²) in [5.41, 5.74) is 0.0668. The lowest BCUT2D eigenvalue weighted by atomic mass is 10.1. The number of alkyl halides is 3. The molecular formula is C19H12ClF3N2O3. The molecule has 0 amide bonds. The van der Waals surface area contributed by atoms with Crippen LogP contribution in [-0.4, -0.2) is 16.2 Å². The second-order valence-corrected chi connectivity index (χ2v) is 6.01. The summed E-state index contributed by atoms with van der Waals surface area (Å²) >= 11 is 5.81. The third-order valence-corrected chi connectivity index (χ3v) is 3.77. The molecule has 1 heterocycles. The molecular weight excluding hydrogens is 397 g/mol. The third kappa shape index (κ3) is 5.20. The first-order valence-electron chi connectivity index (χ1n) is 7.92. The number of hydrogen-bond donors (Lipinski definition) is 0. The van der Waals surface area contributed by atoms with Crippen LogP contribution in [0.5, 0.6) is 0 Å². The predicted octanol–water partition coefficient (Wildman–Crippen LogP) is 5.17. The number of nitrogens with zero attached hydrogens (tertiary/aromatic N) is 2. The summed E-state index contributed by atoms with van der Waals surface area (Å²) in [4.78, 5) is 11.8. The SMILES string of the molecule is O=C(/C=C/c1cccc(C(F)(F)F)c1)OCc1nnc(-c2ccc(Cl)cc2)o1. The molecule has 0 fully saturated rings. The number of benzene rings is 2. The van der Waals surface area contributed by atoms with E-state index in [0.717, 1.165) is 18.2 Å². The van der Waals surface area contributed by atoms with Crippen LogP contribution in [0.2, 0.25) is 5.02 Å².